The van der Waals surface area contributed by atoms with Crippen LogP contribution < -0.4 is 0 Å². The Morgan fingerprint density at radius 1 is 1.22 bits per heavy atom. The normalized spacial score (nSPS) is 10.9. The van der Waals surface area contributed by atoms with Crippen LogP contribution in [0, 0.1) is 11.6 Å². The van der Waals surface area contributed by atoms with Crippen molar-refractivity contribution < 1.29 is 23.0 Å². The van der Waals surface area contributed by atoms with E-state index in [-0.39, 0.29) is 12.0 Å². The van der Waals surface area contributed by atoms with Crippen molar-refractivity contribution in [2.24, 2.45) is 0 Å². The van der Waals surface area contributed by atoms with Crippen LogP contribution in [0.3, 0.4) is 0 Å². The summed E-state index contributed by atoms with van der Waals surface area (Å²) < 4.78 is 36.5. The Morgan fingerprint density at radius 3 is 2.39 bits per heavy atom. The topological polar surface area (TPSA) is 35.5 Å². The fourth-order valence-electron chi connectivity index (χ4n) is 1.49. The number of carbonyl (C=O) groups excluding carboxylic acids is 1. The molecular weight excluding hydrogens is 242 g/mol. The van der Waals surface area contributed by atoms with E-state index in [0.29, 0.717) is 13.2 Å². The first-order chi connectivity index (χ1) is 8.58. The zero-order valence-corrected chi connectivity index (χ0v) is 10.4. The van der Waals surface area contributed by atoms with E-state index >= 15 is 0 Å². The van der Waals surface area contributed by atoms with Crippen LogP contribution in [0.15, 0.2) is 18.2 Å². The predicted octanol–water partition coefficient (Wildman–Crippen LogP) is 2.48. The summed E-state index contributed by atoms with van der Waals surface area (Å²) in [5.74, 6) is -1.62. The second kappa shape index (κ2) is 7.18. The minimum atomic E-state index is -1.03. The molecule has 0 bridgehead atoms. The molecule has 0 fully saturated rings. The molecule has 0 saturated heterocycles. The highest BCUT2D eigenvalue weighted by Crippen LogP contribution is 2.12. The Morgan fingerprint density at radius 2 is 1.83 bits per heavy atom. The number of benzene rings is 1. The van der Waals surface area contributed by atoms with Crippen molar-refractivity contribution >= 4 is 5.78 Å². The molecule has 0 amide bonds. The summed E-state index contributed by atoms with van der Waals surface area (Å²) >= 11 is 0. The van der Waals surface area contributed by atoms with Crippen LogP contribution in [0.1, 0.15) is 19.4 Å². The lowest BCUT2D eigenvalue weighted by Gasteiger charge is -2.15. The number of hydrogen-bond donors (Lipinski definition) is 0. The van der Waals surface area contributed by atoms with Crippen molar-refractivity contribution in [3.8, 4) is 0 Å². The summed E-state index contributed by atoms with van der Waals surface area (Å²) in [5.41, 5.74) is 0.00408. The summed E-state index contributed by atoms with van der Waals surface area (Å²) in [4.78, 5) is 11.8. The molecule has 100 valence electrons. The molecule has 0 aliphatic carbocycles. The largest absolute Gasteiger partial charge is 0.346 e. The maximum Gasteiger partial charge on any atom is 0.218 e. The third-order valence-corrected chi connectivity index (χ3v) is 2.27. The third-order valence-electron chi connectivity index (χ3n) is 2.27. The summed E-state index contributed by atoms with van der Waals surface area (Å²) in [5, 5.41) is 0. The zero-order chi connectivity index (χ0) is 13.5. The molecule has 0 saturated carbocycles. The van der Waals surface area contributed by atoms with E-state index < -0.39 is 23.7 Å². The number of ketones is 1. The highest BCUT2D eigenvalue weighted by Gasteiger charge is 2.20. The first-order valence-electron chi connectivity index (χ1n) is 5.78. The molecule has 0 radical (unpaired) electrons. The number of halogens is 2. The van der Waals surface area contributed by atoms with Crippen LogP contribution in [0.4, 0.5) is 8.78 Å². The zero-order valence-electron chi connectivity index (χ0n) is 10.4. The predicted molar refractivity (Wildman–Crippen MR) is 62.1 cm³/mol. The van der Waals surface area contributed by atoms with Crippen molar-refractivity contribution in [2.75, 3.05) is 13.2 Å². The average molecular weight is 258 g/mol. The van der Waals surface area contributed by atoms with Crippen molar-refractivity contribution in [2.45, 2.75) is 26.6 Å². The molecule has 5 heteroatoms. The molecule has 0 atom stereocenters. The van der Waals surface area contributed by atoms with Gasteiger partial charge in [-0.25, -0.2) is 8.78 Å². The van der Waals surface area contributed by atoms with Crippen LogP contribution in [0.25, 0.3) is 0 Å². The Labute approximate surface area is 105 Å². The second-order valence-electron chi connectivity index (χ2n) is 3.62. The number of ether oxygens (including phenoxy) is 2. The van der Waals surface area contributed by atoms with Gasteiger partial charge in [-0.15, -0.1) is 0 Å². The van der Waals surface area contributed by atoms with Gasteiger partial charge in [0.2, 0.25) is 6.29 Å². The Hall–Kier alpha value is -1.33. The number of carbonyl (C=O) groups is 1. The third kappa shape index (κ3) is 4.16. The molecule has 0 aliphatic rings. The van der Waals surface area contributed by atoms with Gasteiger partial charge in [-0.05, 0) is 37.6 Å². The molecule has 0 heterocycles. The Kier molecular flexibility index (Phi) is 5.88. The minimum absolute atomic E-state index is 0.00408. The van der Waals surface area contributed by atoms with Crippen LogP contribution in [-0.4, -0.2) is 25.3 Å². The first-order valence-corrected chi connectivity index (χ1v) is 5.78. The van der Waals surface area contributed by atoms with Crippen molar-refractivity contribution in [1.82, 2.24) is 0 Å². The quantitative estimate of drug-likeness (QED) is 0.705. The van der Waals surface area contributed by atoms with Crippen molar-refractivity contribution in [1.29, 1.82) is 0 Å². The van der Waals surface area contributed by atoms with Crippen LogP contribution in [0.5, 0.6) is 0 Å². The van der Waals surface area contributed by atoms with Crippen LogP contribution >= 0.6 is 0 Å². The fourth-order valence-corrected chi connectivity index (χ4v) is 1.49. The number of rotatable bonds is 7. The molecule has 0 spiro atoms. The summed E-state index contributed by atoms with van der Waals surface area (Å²) in [6.07, 6.45) is -1.28. The number of hydrogen-bond acceptors (Lipinski definition) is 3. The van der Waals surface area contributed by atoms with E-state index in [4.69, 9.17) is 9.47 Å². The Balaban J connectivity index is 2.75. The van der Waals surface area contributed by atoms with E-state index in [9.17, 15) is 13.6 Å². The van der Waals surface area contributed by atoms with Gasteiger partial charge in [0.1, 0.15) is 11.6 Å². The van der Waals surface area contributed by atoms with Gasteiger partial charge in [-0.1, -0.05) is 0 Å². The summed E-state index contributed by atoms with van der Waals surface area (Å²) in [6, 6.07) is 3.00. The number of Topliss-reactive ketones (excluding diaryl/α,β-unsaturated/α-hetero) is 1. The maximum absolute atomic E-state index is 13.4. The molecule has 3 nitrogen and oxygen atoms in total. The van der Waals surface area contributed by atoms with Gasteiger partial charge in [0.25, 0.3) is 0 Å². The second-order valence-corrected chi connectivity index (χ2v) is 3.62. The van der Waals surface area contributed by atoms with Gasteiger partial charge in [0, 0.05) is 19.6 Å². The molecule has 1 rings (SSSR count). The highest BCUT2D eigenvalue weighted by atomic mass is 19.1. The van der Waals surface area contributed by atoms with Gasteiger partial charge in [0.15, 0.2) is 5.78 Å². The SMILES string of the molecule is CCOC(OCC)C(=O)Cc1cc(F)ccc1F. The summed E-state index contributed by atoms with van der Waals surface area (Å²) in [7, 11) is 0. The Bertz CT molecular complexity index is 401. The molecule has 0 aromatic heterocycles. The highest BCUT2D eigenvalue weighted by molar-refractivity contribution is 5.84. The average Bonchev–Trinajstić information content (AvgIpc) is 2.33. The monoisotopic (exact) mass is 258 g/mol. The van der Waals surface area contributed by atoms with E-state index in [0.717, 1.165) is 18.2 Å². The van der Waals surface area contributed by atoms with E-state index in [2.05, 4.69) is 0 Å². The molecule has 1 aromatic carbocycles. The smallest absolute Gasteiger partial charge is 0.218 e. The summed E-state index contributed by atoms with van der Waals surface area (Å²) in [6.45, 7) is 4.06. The van der Waals surface area contributed by atoms with E-state index in [1.165, 1.54) is 0 Å². The lowest BCUT2D eigenvalue weighted by atomic mass is 10.1. The van der Waals surface area contributed by atoms with Crippen molar-refractivity contribution in [3.63, 3.8) is 0 Å². The molecule has 18 heavy (non-hydrogen) atoms. The lowest BCUT2D eigenvalue weighted by Crippen LogP contribution is -2.29. The molecule has 1 aromatic rings. The lowest BCUT2D eigenvalue weighted by molar-refractivity contribution is -0.167. The van der Waals surface area contributed by atoms with Crippen LogP contribution in [-0.2, 0) is 20.7 Å². The molecule has 0 aliphatic heterocycles. The molecule has 0 unspecified atom stereocenters. The first kappa shape index (κ1) is 14.7. The molecule has 0 N–H and O–H groups in total. The van der Waals surface area contributed by atoms with Gasteiger partial charge in [-0.3, -0.25) is 4.79 Å². The maximum atomic E-state index is 13.4. The van der Waals surface area contributed by atoms with Gasteiger partial charge in [-0.2, -0.15) is 0 Å². The van der Waals surface area contributed by atoms with E-state index in [1.807, 2.05) is 0 Å². The van der Waals surface area contributed by atoms with Crippen LogP contribution in [0.2, 0.25) is 0 Å². The minimum Gasteiger partial charge on any atom is -0.346 e. The van der Waals surface area contributed by atoms with Gasteiger partial charge in [0.05, 0.1) is 0 Å². The molecular formula is C13H16F2O3. The standard InChI is InChI=1S/C13H16F2O3/c1-3-17-13(18-4-2)12(16)8-9-7-10(14)5-6-11(9)15/h5-7,13H,3-4,8H2,1-2H3. The van der Waals surface area contributed by atoms with Crippen molar-refractivity contribution in [3.05, 3.63) is 35.4 Å². The van der Waals surface area contributed by atoms with Gasteiger partial charge >= 0.3 is 0 Å². The fraction of sp³-hybridized carbons (Fsp3) is 0.462. The van der Waals surface area contributed by atoms with E-state index in [1.54, 1.807) is 13.8 Å². The van der Waals surface area contributed by atoms with Gasteiger partial charge < -0.3 is 9.47 Å².